The van der Waals surface area contributed by atoms with Crippen molar-refractivity contribution in [2.45, 2.75) is 6.54 Å². The first-order valence-electron chi connectivity index (χ1n) is 9.27. The van der Waals surface area contributed by atoms with E-state index in [0.29, 0.717) is 12.5 Å². The second-order valence-corrected chi connectivity index (χ2v) is 6.69. The molecular weight excluding hydrogens is 342 g/mol. The van der Waals surface area contributed by atoms with Crippen LogP contribution in [-0.2, 0) is 18.3 Å². The molecule has 1 saturated heterocycles. The van der Waals surface area contributed by atoms with E-state index >= 15 is 0 Å². The van der Waals surface area contributed by atoms with E-state index < -0.39 is 0 Å². The van der Waals surface area contributed by atoms with E-state index in [0.717, 1.165) is 67.2 Å². The van der Waals surface area contributed by atoms with Gasteiger partial charge in [0, 0.05) is 51.5 Å². The van der Waals surface area contributed by atoms with Crippen LogP contribution in [0.5, 0.6) is 0 Å². The van der Waals surface area contributed by atoms with Gasteiger partial charge in [-0.2, -0.15) is 10.1 Å². The Kier molecular flexibility index (Phi) is 5.28. The largest absolute Gasteiger partial charge is 0.379 e. The zero-order valence-electron chi connectivity index (χ0n) is 15.6. The van der Waals surface area contributed by atoms with E-state index in [4.69, 9.17) is 10.5 Å². The lowest BCUT2D eigenvalue weighted by molar-refractivity contribution is 0.0398. The maximum atomic E-state index is 5.77. The molecule has 2 aromatic heterocycles. The van der Waals surface area contributed by atoms with Crippen molar-refractivity contribution in [3.8, 4) is 11.3 Å². The molecule has 27 heavy (non-hydrogen) atoms. The Labute approximate surface area is 158 Å². The molecule has 8 nitrogen and oxygen atoms in total. The molecule has 0 spiro atoms. The minimum Gasteiger partial charge on any atom is -0.379 e. The van der Waals surface area contributed by atoms with Gasteiger partial charge in [-0.3, -0.25) is 4.90 Å². The molecule has 0 bridgehead atoms. The van der Waals surface area contributed by atoms with Crippen molar-refractivity contribution in [2.24, 2.45) is 12.8 Å². The van der Waals surface area contributed by atoms with Crippen molar-refractivity contribution in [1.29, 1.82) is 0 Å². The number of nitrogens with one attached hydrogen (secondary N) is 1. The number of morpholine rings is 1. The number of nitrogens with two attached hydrogens (primary N) is 1. The van der Waals surface area contributed by atoms with Crippen molar-refractivity contribution in [1.82, 2.24) is 24.6 Å². The SMILES string of the molecule is Cn1nc(-c2cccc(CN)c2)c2cnc(NCCN3CCOCC3)nc21. The van der Waals surface area contributed by atoms with Crippen molar-refractivity contribution in [3.05, 3.63) is 36.0 Å². The molecule has 3 heterocycles. The smallest absolute Gasteiger partial charge is 0.224 e. The molecule has 8 heteroatoms. The molecule has 0 unspecified atom stereocenters. The van der Waals surface area contributed by atoms with Crippen LogP contribution in [-0.4, -0.2) is 64.0 Å². The van der Waals surface area contributed by atoms with Gasteiger partial charge in [-0.05, 0) is 11.6 Å². The Morgan fingerprint density at radius 2 is 2.11 bits per heavy atom. The standard InChI is InChI=1S/C19H25N7O/c1-25-18-16(17(24-25)15-4-2-3-14(11-15)12-20)13-22-19(23-18)21-5-6-26-7-9-27-10-8-26/h2-4,11,13H,5-10,12,20H2,1H3,(H,21,22,23). The first kappa shape index (κ1) is 17.8. The number of rotatable bonds is 6. The van der Waals surface area contributed by atoms with E-state index in [1.54, 1.807) is 4.68 Å². The van der Waals surface area contributed by atoms with Gasteiger partial charge in [-0.25, -0.2) is 9.67 Å². The highest BCUT2D eigenvalue weighted by atomic mass is 16.5. The topological polar surface area (TPSA) is 94.1 Å². The molecule has 142 valence electrons. The fourth-order valence-electron chi connectivity index (χ4n) is 3.33. The molecule has 1 aliphatic rings. The average Bonchev–Trinajstić information content (AvgIpc) is 3.05. The maximum absolute atomic E-state index is 5.77. The van der Waals surface area contributed by atoms with Crippen LogP contribution in [0, 0.1) is 0 Å². The van der Waals surface area contributed by atoms with Crippen molar-refractivity contribution < 1.29 is 4.74 Å². The molecule has 0 aliphatic carbocycles. The Morgan fingerprint density at radius 1 is 1.26 bits per heavy atom. The van der Waals surface area contributed by atoms with Gasteiger partial charge in [0.25, 0.3) is 0 Å². The number of aryl methyl sites for hydroxylation is 1. The summed E-state index contributed by atoms with van der Waals surface area (Å²) >= 11 is 0. The summed E-state index contributed by atoms with van der Waals surface area (Å²) in [5, 5.41) is 8.91. The summed E-state index contributed by atoms with van der Waals surface area (Å²) in [6.07, 6.45) is 1.84. The van der Waals surface area contributed by atoms with Gasteiger partial charge in [0.15, 0.2) is 5.65 Å². The van der Waals surface area contributed by atoms with Gasteiger partial charge in [-0.1, -0.05) is 18.2 Å². The predicted molar refractivity (Wildman–Crippen MR) is 105 cm³/mol. The number of anilines is 1. The minimum absolute atomic E-state index is 0.506. The van der Waals surface area contributed by atoms with Crippen LogP contribution in [0.1, 0.15) is 5.56 Å². The fourth-order valence-corrected chi connectivity index (χ4v) is 3.33. The number of fused-ring (bicyclic) bond motifs is 1. The molecule has 0 radical (unpaired) electrons. The molecule has 0 saturated carbocycles. The zero-order valence-corrected chi connectivity index (χ0v) is 15.6. The van der Waals surface area contributed by atoms with Gasteiger partial charge < -0.3 is 15.8 Å². The number of ether oxygens (including phenoxy) is 1. The van der Waals surface area contributed by atoms with Crippen molar-refractivity contribution >= 4 is 17.0 Å². The summed E-state index contributed by atoms with van der Waals surface area (Å²) < 4.78 is 7.18. The normalized spacial score (nSPS) is 15.3. The van der Waals surface area contributed by atoms with E-state index in [2.05, 4.69) is 31.3 Å². The van der Waals surface area contributed by atoms with Crippen LogP contribution in [0.3, 0.4) is 0 Å². The second kappa shape index (κ2) is 7.99. The summed E-state index contributed by atoms with van der Waals surface area (Å²) in [5.41, 5.74) is 9.56. The molecule has 4 rings (SSSR count). The van der Waals surface area contributed by atoms with Crippen LogP contribution in [0.15, 0.2) is 30.5 Å². The zero-order chi connectivity index (χ0) is 18.6. The molecule has 3 aromatic rings. The molecule has 1 aliphatic heterocycles. The lowest BCUT2D eigenvalue weighted by atomic mass is 10.1. The van der Waals surface area contributed by atoms with Crippen LogP contribution < -0.4 is 11.1 Å². The third-order valence-corrected chi connectivity index (χ3v) is 4.83. The number of nitrogens with zero attached hydrogens (tertiary/aromatic N) is 5. The molecule has 1 aromatic carbocycles. The number of hydrogen-bond acceptors (Lipinski definition) is 7. The third kappa shape index (κ3) is 3.92. The van der Waals surface area contributed by atoms with Crippen molar-refractivity contribution in [3.63, 3.8) is 0 Å². The summed E-state index contributed by atoms with van der Waals surface area (Å²) in [6.45, 7) is 5.84. The summed E-state index contributed by atoms with van der Waals surface area (Å²) in [5.74, 6) is 0.626. The van der Waals surface area contributed by atoms with Gasteiger partial charge in [-0.15, -0.1) is 0 Å². The van der Waals surface area contributed by atoms with Gasteiger partial charge >= 0.3 is 0 Å². The van der Waals surface area contributed by atoms with Gasteiger partial charge in [0.2, 0.25) is 5.95 Å². The average molecular weight is 367 g/mol. The highest BCUT2D eigenvalue weighted by Crippen LogP contribution is 2.27. The monoisotopic (exact) mass is 367 g/mol. The van der Waals surface area contributed by atoms with Gasteiger partial charge in [0.05, 0.1) is 18.6 Å². The molecule has 0 amide bonds. The highest BCUT2D eigenvalue weighted by molar-refractivity contribution is 5.91. The van der Waals surface area contributed by atoms with Crippen LogP contribution in [0.4, 0.5) is 5.95 Å². The lowest BCUT2D eigenvalue weighted by Gasteiger charge is -2.26. The Hall–Kier alpha value is -2.55. The second-order valence-electron chi connectivity index (χ2n) is 6.69. The highest BCUT2D eigenvalue weighted by Gasteiger charge is 2.14. The van der Waals surface area contributed by atoms with E-state index in [1.807, 2.05) is 31.4 Å². The number of benzene rings is 1. The predicted octanol–water partition coefficient (Wildman–Crippen LogP) is 1.23. The molecule has 3 N–H and O–H groups in total. The van der Waals surface area contributed by atoms with Crippen LogP contribution >= 0.6 is 0 Å². The van der Waals surface area contributed by atoms with Gasteiger partial charge in [0.1, 0.15) is 5.69 Å². The summed E-state index contributed by atoms with van der Waals surface area (Å²) in [4.78, 5) is 11.5. The Bertz CT molecular complexity index is 918. The van der Waals surface area contributed by atoms with E-state index in [-0.39, 0.29) is 0 Å². The fraction of sp³-hybridized carbons (Fsp3) is 0.421. The third-order valence-electron chi connectivity index (χ3n) is 4.83. The molecular formula is C19H25N7O. The van der Waals surface area contributed by atoms with Crippen molar-refractivity contribution in [2.75, 3.05) is 44.7 Å². The summed E-state index contributed by atoms with van der Waals surface area (Å²) in [6, 6.07) is 8.12. The first-order chi connectivity index (χ1) is 13.2. The number of hydrogen-bond donors (Lipinski definition) is 2. The molecule has 1 fully saturated rings. The lowest BCUT2D eigenvalue weighted by Crippen LogP contribution is -2.39. The molecule has 0 atom stereocenters. The summed E-state index contributed by atoms with van der Waals surface area (Å²) in [7, 11) is 1.91. The maximum Gasteiger partial charge on any atom is 0.224 e. The van der Waals surface area contributed by atoms with Crippen LogP contribution in [0.25, 0.3) is 22.3 Å². The minimum atomic E-state index is 0.506. The van der Waals surface area contributed by atoms with E-state index in [9.17, 15) is 0 Å². The van der Waals surface area contributed by atoms with E-state index in [1.165, 1.54) is 0 Å². The Morgan fingerprint density at radius 3 is 2.93 bits per heavy atom. The quantitative estimate of drug-likeness (QED) is 0.677. The number of aromatic nitrogens is 4. The first-order valence-corrected chi connectivity index (χ1v) is 9.27. The van der Waals surface area contributed by atoms with Crippen LogP contribution in [0.2, 0.25) is 0 Å². The Balaban J connectivity index is 1.51.